The summed E-state index contributed by atoms with van der Waals surface area (Å²) in [4.78, 5) is 23.9. The summed E-state index contributed by atoms with van der Waals surface area (Å²) in [6.45, 7) is 0. The van der Waals surface area contributed by atoms with Crippen molar-refractivity contribution in [2.24, 2.45) is 0 Å². The molecule has 3 aromatic carbocycles. The Morgan fingerprint density at radius 1 is 0.857 bits per heavy atom. The second-order valence-corrected chi connectivity index (χ2v) is 6.93. The summed E-state index contributed by atoms with van der Waals surface area (Å²) >= 11 is 12.1. The summed E-state index contributed by atoms with van der Waals surface area (Å²) in [5.41, 5.74) is 1.69. The molecule has 3 aromatic rings. The molecule has 28 heavy (non-hydrogen) atoms. The minimum absolute atomic E-state index is 0.0191. The van der Waals surface area contributed by atoms with Crippen LogP contribution in [-0.2, 0) is 11.2 Å². The number of rotatable bonds is 6. The summed E-state index contributed by atoms with van der Waals surface area (Å²) in [6, 6.07) is 21.4. The van der Waals surface area contributed by atoms with Gasteiger partial charge in [0.05, 0.1) is 21.2 Å². The fourth-order valence-corrected chi connectivity index (χ4v) is 3.27. The van der Waals surface area contributed by atoms with Gasteiger partial charge in [-0.2, -0.15) is 0 Å². The fourth-order valence-electron chi connectivity index (χ4n) is 2.78. The lowest BCUT2D eigenvalue weighted by Crippen LogP contribution is -2.15. The van der Waals surface area contributed by atoms with Crippen molar-refractivity contribution < 1.29 is 19.4 Å². The van der Waals surface area contributed by atoms with Crippen molar-refractivity contribution in [3.63, 3.8) is 0 Å². The van der Waals surface area contributed by atoms with Crippen molar-refractivity contribution >= 4 is 35.1 Å². The number of halogens is 2. The maximum absolute atomic E-state index is 12.8. The zero-order valence-corrected chi connectivity index (χ0v) is 16.2. The highest BCUT2D eigenvalue weighted by Crippen LogP contribution is 2.29. The van der Waals surface area contributed by atoms with Crippen LogP contribution >= 0.6 is 23.2 Å². The molecule has 0 saturated heterocycles. The molecule has 0 bridgehead atoms. The average molecular weight is 415 g/mol. The van der Waals surface area contributed by atoms with E-state index < -0.39 is 18.0 Å². The van der Waals surface area contributed by atoms with Gasteiger partial charge in [-0.05, 0) is 23.3 Å². The topological polar surface area (TPSA) is 63.6 Å². The van der Waals surface area contributed by atoms with Crippen molar-refractivity contribution in [3.8, 4) is 0 Å². The molecule has 0 saturated carbocycles. The summed E-state index contributed by atoms with van der Waals surface area (Å²) < 4.78 is 5.73. The van der Waals surface area contributed by atoms with Gasteiger partial charge in [-0.3, -0.25) is 0 Å². The van der Waals surface area contributed by atoms with Crippen LogP contribution in [0.4, 0.5) is 0 Å². The predicted molar refractivity (Wildman–Crippen MR) is 108 cm³/mol. The Morgan fingerprint density at radius 3 is 2.00 bits per heavy atom. The molecular weight excluding hydrogens is 399 g/mol. The van der Waals surface area contributed by atoms with Crippen molar-refractivity contribution in [2.75, 3.05) is 0 Å². The van der Waals surface area contributed by atoms with Gasteiger partial charge in [0.15, 0.2) is 0 Å². The Hall–Kier alpha value is -2.82. The van der Waals surface area contributed by atoms with E-state index in [4.69, 9.17) is 33.0 Å². The Bertz CT molecular complexity index is 988. The number of esters is 1. The first kappa shape index (κ1) is 19.9. The molecule has 0 aliphatic heterocycles. The van der Waals surface area contributed by atoms with E-state index in [1.807, 2.05) is 60.7 Å². The molecule has 142 valence electrons. The summed E-state index contributed by atoms with van der Waals surface area (Å²) in [5.74, 6) is -1.90. The number of hydrogen-bond acceptors (Lipinski definition) is 3. The van der Waals surface area contributed by atoms with Crippen LogP contribution < -0.4 is 0 Å². The first-order valence-electron chi connectivity index (χ1n) is 8.48. The van der Waals surface area contributed by atoms with Crippen LogP contribution in [-0.4, -0.2) is 17.0 Å². The van der Waals surface area contributed by atoms with Gasteiger partial charge in [-0.15, -0.1) is 0 Å². The smallest absolute Gasteiger partial charge is 0.340 e. The van der Waals surface area contributed by atoms with Crippen LogP contribution in [0.3, 0.4) is 0 Å². The number of ether oxygens (including phenoxy) is 1. The standard InChI is InChI=1S/C22H16Cl2O4/c23-18-13-17(19(24)12-16(18)21(25)26)22(27)28-20(15-9-5-2-6-10-15)11-14-7-3-1-4-8-14/h1-10,12-13,20H,11H2,(H,25,26). The van der Waals surface area contributed by atoms with Crippen molar-refractivity contribution in [3.05, 3.63) is 105 Å². The minimum Gasteiger partial charge on any atom is -0.478 e. The Kier molecular flexibility index (Phi) is 6.34. The van der Waals surface area contributed by atoms with E-state index in [0.717, 1.165) is 17.2 Å². The average Bonchev–Trinajstić information content (AvgIpc) is 2.70. The van der Waals surface area contributed by atoms with E-state index in [9.17, 15) is 9.59 Å². The molecule has 0 spiro atoms. The predicted octanol–water partition coefficient (Wildman–Crippen LogP) is 5.83. The highest BCUT2D eigenvalue weighted by molar-refractivity contribution is 6.37. The van der Waals surface area contributed by atoms with E-state index in [2.05, 4.69) is 0 Å². The third-order valence-corrected chi connectivity index (χ3v) is 4.82. The van der Waals surface area contributed by atoms with E-state index in [0.29, 0.717) is 6.42 Å². The number of hydrogen-bond donors (Lipinski definition) is 1. The van der Waals surface area contributed by atoms with Crippen molar-refractivity contribution in [2.45, 2.75) is 12.5 Å². The van der Waals surface area contributed by atoms with E-state index in [1.165, 1.54) is 6.07 Å². The third-order valence-electron chi connectivity index (χ3n) is 4.19. The largest absolute Gasteiger partial charge is 0.478 e. The molecular formula is C22H16Cl2O4. The molecule has 0 fully saturated rings. The van der Waals surface area contributed by atoms with E-state index in [-0.39, 0.29) is 21.2 Å². The van der Waals surface area contributed by atoms with Gasteiger partial charge in [0.1, 0.15) is 6.10 Å². The lowest BCUT2D eigenvalue weighted by atomic mass is 10.0. The maximum atomic E-state index is 12.8. The molecule has 6 heteroatoms. The number of carboxylic acid groups (broad SMARTS) is 1. The zero-order valence-electron chi connectivity index (χ0n) is 14.6. The molecule has 1 N–H and O–H groups in total. The van der Waals surface area contributed by atoms with Gasteiger partial charge in [-0.1, -0.05) is 83.9 Å². The number of carbonyl (C=O) groups excluding carboxylic acids is 1. The molecule has 0 heterocycles. The van der Waals surface area contributed by atoms with Crippen LogP contribution in [0.25, 0.3) is 0 Å². The van der Waals surface area contributed by atoms with Crippen molar-refractivity contribution in [1.82, 2.24) is 0 Å². The van der Waals surface area contributed by atoms with Gasteiger partial charge in [-0.25, -0.2) is 9.59 Å². The molecule has 3 rings (SSSR count). The first-order chi connectivity index (χ1) is 13.5. The molecule has 0 radical (unpaired) electrons. The van der Waals surface area contributed by atoms with Crippen molar-refractivity contribution in [1.29, 1.82) is 0 Å². The number of aromatic carboxylic acids is 1. The highest BCUT2D eigenvalue weighted by atomic mass is 35.5. The van der Waals surface area contributed by atoms with Gasteiger partial charge >= 0.3 is 11.9 Å². The molecule has 0 aromatic heterocycles. The third kappa shape index (κ3) is 4.71. The number of carbonyl (C=O) groups is 2. The van der Waals surface area contributed by atoms with Gasteiger partial charge < -0.3 is 9.84 Å². The quantitative estimate of drug-likeness (QED) is 0.515. The van der Waals surface area contributed by atoms with Crippen LogP contribution in [0.5, 0.6) is 0 Å². The first-order valence-corrected chi connectivity index (χ1v) is 9.23. The monoisotopic (exact) mass is 414 g/mol. The Morgan fingerprint density at radius 2 is 1.39 bits per heavy atom. The minimum atomic E-state index is -1.22. The summed E-state index contributed by atoms with van der Waals surface area (Å²) in [7, 11) is 0. The van der Waals surface area contributed by atoms with Crippen LogP contribution in [0, 0.1) is 0 Å². The number of benzene rings is 3. The Labute approximate surface area is 172 Å². The molecule has 0 aliphatic rings. The molecule has 0 amide bonds. The lowest BCUT2D eigenvalue weighted by molar-refractivity contribution is 0.0297. The second kappa shape index (κ2) is 8.91. The van der Waals surface area contributed by atoms with Gasteiger partial charge in [0.2, 0.25) is 0 Å². The van der Waals surface area contributed by atoms with Crippen LogP contribution in [0.15, 0.2) is 72.8 Å². The van der Waals surface area contributed by atoms with E-state index >= 15 is 0 Å². The lowest BCUT2D eigenvalue weighted by Gasteiger charge is -2.19. The summed E-state index contributed by atoms with van der Waals surface area (Å²) in [6.07, 6.45) is -0.0556. The fraction of sp³-hybridized carbons (Fsp3) is 0.0909. The normalized spacial score (nSPS) is 11.6. The molecule has 1 unspecified atom stereocenters. The van der Waals surface area contributed by atoms with Gasteiger partial charge in [0.25, 0.3) is 0 Å². The van der Waals surface area contributed by atoms with E-state index in [1.54, 1.807) is 0 Å². The number of carboxylic acids is 1. The zero-order chi connectivity index (χ0) is 20.1. The van der Waals surface area contributed by atoms with Crippen LogP contribution in [0.1, 0.15) is 37.9 Å². The molecule has 4 nitrogen and oxygen atoms in total. The highest BCUT2D eigenvalue weighted by Gasteiger charge is 2.23. The Balaban J connectivity index is 1.89. The molecule has 1 atom stereocenters. The molecule has 0 aliphatic carbocycles. The summed E-state index contributed by atoms with van der Waals surface area (Å²) in [5, 5.41) is 9.01. The SMILES string of the molecule is O=C(O)c1cc(Cl)c(C(=O)OC(Cc2ccccc2)c2ccccc2)cc1Cl. The van der Waals surface area contributed by atoms with Gasteiger partial charge in [0, 0.05) is 6.42 Å². The maximum Gasteiger partial charge on any atom is 0.340 e. The van der Waals surface area contributed by atoms with Crippen LogP contribution in [0.2, 0.25) is 10.0 Å². The second-order valence-electron chi connectivity index (χ2n) is 6.11.